The minimum atomic E-state index is -4.63. The highest BCUT2D eigenvalue weighted by Gasteiger charge is 2.36. The topological polar surface area (TPSA) is 114 Å². The quantitative estimate of drug-likeness (QED) is 0.145. The molecular formula is C34H51BrF6N4O6. The molecule has 2 heterocycles. The lowest BCUT2D eigenvalue weighted by Gasteiger charge is -2.24. The Morgan fingerprint density at radius 1 is 0.784 bits per heavy atom. The minimum Gasteiger partial charge on any atom is -0.465 e. The molecule has 292 valence electrons. The van der Waals surface area contributed by atoms with Gasteiger partial charge in [0.2, 0.25) is 5.56 Å². The molecule has 0 aliphatic rings. The Labute approximate surface area is 303 Å². The van der Waals surface area contributed by atoms with Crippen LogP contribution in [0.3, 0.4) is 0 Å². The molecule has 17 heteroatoms. The van der Waals surface area contributed by atoms with E-state index in [4.69, 9.17) is 9.47 Å². The van der Waals surface area contributed by atoms with Gasteiger partial charge in [-0.1, -0.05) is 43.6 Å². The summed E-state index contributed by atoms with van der Waals surface area (Å²) in [5.41, 5.74) is -3.31. The molecule has 0 saturated heterocycles. The van der Waals surface area contributed by atoms with Gasteiger partial charge in [-0.15, -0.1) is 0 Å². The number of rotatable bonds is 13. The van der Waals surface area contributed by atoms with Crippen LogP contribution >= 0.6 is 15.9 Å². The van der Waals surface area contributed by atoms with Gasteiger partial charge in [0.1, 0.15) is 10.9 Å². The van der Waals surface area contributed by atoms with Gasteiger partial charge in [-0.3, -0.25) is 14.4 Å². The van der Waals surface area contributed by atoms with Crippen LogP contribution in [0.1, 0.15) is 69.8 Å². The SMILES string of the molecule is CCOC(=O)C(Br)C(C)C.CCOC(=O)C(C(C)C)n1cc(CCN(C)C)c(C(F)(F)F)cc1=O.CN(C)CCc1c[nH]c(=O)cc1C(F)(F)F. The molecule has 0 bridgehead atoms. The molecule has 0 aliphatic heterocycles. The normalized spacial score (nSPS) is 13.0. The number of hydrogen-bond acceptors (Lipinski definition) is 8. The van der Waals surface area contributed by atoms with Crippen LogP contribution in [0.2, 0.25) is 0 Å². The van der Waals surface area contributed by atoms with Gasteiger partial charge in [0.15, 0.2) is 0 Å². The van der Waals surface area contributed by atoms with Crippen LogP contribution in [0, 0.1) is 11.8 Å². The van der Waals surface area contributed by atoms with E-state index in [0.717, 1.165) is 17.0 Å². The largest absolute Gasteiger partial charge is 0.465 e. The van der Waals surface area contributed by atoms with Gasteiger partial charge >= 0.3 is 24.3 Å². The Balaban J connectivity index is 0.000000819. The van der Waals surface area contributed by atoms with Gasteiger partial charge in [0, 0.05) is 37.6 Å². The number of carbonyl (C=O) groups is 2. The van der Waals surface area contributed by atoms with Crippen LogP contribution in [-0.2, 0) is 44.3 Å². The average molecular weight is 806 g/mol. The number of ether oxygens (including phenoxy) is 2. The number of halogens is 7. The van der Waals surface area contributed by atoms with Crippen molar-refractivity contribution < 1.29 is 45.4 Å². The number of aromatic amines is 1. The maximum atomic E-state index is 13.3. The van der Waals surface area contributed by atoms with E-state index in [1.165, 1.54) is 0 Å². The van der Waals surface area contributed by atoms with Crippen LogP contribution in [0.25, 0.3) is 0 Å². The summed E-state index contributed by atoms with van der Waals surface area (Å²) in [5, 5.41) is 0. The maximum Gasteiger partial charge on any atom is 0.416 e. The molecule has 10 nitrogen and oxygen atoms in total. The number of aromatic nitrogens is 2. The highest BCUT2D eigenvalue weighted by Crippen LogP contribution is 2.33. The number of carbonyl (C=O) groups excluding carboxylic acids is 2. The highest BCUT2D eigenvalue weighted by atomic mass is 79.9. The van der Waals surface area contributed by atoms with E-state index in [9.17, 15) is 45.5 Å². The first-order valence-electron chi connectivity index (χ1n) is 16.3. The van der Waals surface area contributed by atoms with Crippen molar-refractivity contribution in [1.82, 2.24) is 19.4 Å². The van der Waals surface area contributed by atoms with Crippen LogP contribution in [0.4, 0.5) is 26.3 Å². The smallest absolute Gasteiger partial charge is 0.416 e. The summed E-state index contributed by atoms with van der Waals surface area (Å²) in [6.07, 6.45) is -6.47. The van der Waals surface area contributed by atoms with E-state index in [-0.39, 0.29) is 47.3 Å². The molecule has 2 unspecified atom stereocenters. The molecule has 2 rings (SSSR count). The molecule has 0 aliphatic carbocycles. The number of esters is 2. The van der Waals surface area contributed by atoms with Crippen molar-refractivity contribution in [3.63, 3.8) is 0 Å². The van der Waals surface area contributed by atoms with E-state index in [0.29, 0.717) is 37.7 Å². The molecule has 1 N–H and O–H groups in total. The van der Waals surface area contributed by atoms with Crippen LogP contribution < -0.4 is 11.1 Å². The number of H-pyrrole nitrogens is 1. The molecule has 2 aromatic heterocycles. The molecule has 0 radical (unpaired) electrons. The van der Waals surface area contributed by atoms with Gasteiger partial charge in [0.05, 0.1) is 24.3 Å². The molecule has 2 atom stereocenters. The fraction of sp³-hybridized carbons (Fsp3) is 0.647. The summed E-state index contributed by atoms with van der Waals surface area (Å²) >= 11 is 3.23. The Kier molecular flexibility index (Phi) is 20.6. The van der Waals surface area contributed by atoms with Gasteiger partial charge in [-0.25, -0.2) is 4.79 Å². The lowest BCUT2D eigenvalue weighted by molar-refractivity contribution is -0.148. The summed E-state index contributed by atoms with van der Waals surface area (Å²) in [6, 6.07) is 0.206. The van der Waals surface area contributed by atoms with Crippen LogP contribution in [-0.4, -0.2) is 90.6 Å². The molecular weight excluding hydrogens is 754 g/mol. The second-order valence-corrected chi connectivity index (χ2v) is 13.6. The van der Waals surface area contributed by atoms with Gasteiger partial charge < -0.3 is 28.8 Å². The molecule has 0 aromatic carbocycles. The second kappa shape index (κ2) is 22.0. The molecule has 0 spiro atoms. The van der Waals surface area contributed by atoms with Crippen LogP contribution in [0.15, 0.2) is 34.1 Å². The summed E-state index contributed by atoms with van der Waals surface area (Å²) in [4.78, 5) is 51.9. The fourth-order valence-electron chi connectivity index (χ4n) is 4.36. The molecule has 51 heavy (non-hydrogen) atoms. The number of likely N-dealkylation sites (N-methyl/N-ethyl adjacent to an activating group) is 2. The van der Waals surface area contributed by atoms with E-state index in [1.807, 2.05) is 13.8 Å². The average Bonchev–Trinajstić information content (AvgIpc) is 2.99. The number of nitrogens with zero attached hydrogens (tertiary/aromatic N) is 3. The maximum absolute atomic E-state index is 13.3. The Hall–Kier alpha value is -3.18. The fourth-order valence-corrected chi connectivity index (χ4v) is 4.49. The van der Waals surface area contributed by atoms with Gasteiger partial charge in [-0.05, 0) is 77.8 Å². The van der Waals surface area contributed by atoms with Crippen molar-refractivity contribution in [2.75, 3.05) is 54.5 Å². The molecule has 2 aromatic rings. The molecule has 0 amide bonds. The summed E-state index contributed by atoms with van der Waals surface area (Å²) in [5.74, 6) is -0.815. The number of hydrogen-bond donors (Lipinski definition) is 1. The van der Waals surface area contributed by atoms with Crippen molar-refractivity contribution in [3.05, 3.63) is 67.5 Å². The van der Waals surface area contributed by atoms with Crippen LogP contribution in [0.5, 0.6) is 0 Å². The predicted octanol–water partition coefficient (Wildman–Crippen LogP) is 6.20. The standard InChI is InChI=1S/C17H25F3N2O3.C10H13F3N2O.C7H13BrO2/c1-6-25-16(24)15(11(2)3)22-10-12(7-8-21(4)5)13(9-14(22)23)17(18,19)20;1-15(2)4-3-7-6-14-9(16)5-8(7)10(11,12)13;1-4-10-7(9)6(8)5(2)3/h9-11,15H,6-8H2,1-5H3;5-6H,3-4H2,1-2H3,(H,14,16);5-6H,4H2,1-3H3. The zero-order chi connectivity index (χ0) is 39.9. The Morgan fingerprint density at radius 3 is 1.65 bits per heavy atom. The number of pyridine rings is 2. The monoisotopic (exact) mass is 804 g/mol. The number of nitrogens with one attached hydrogen (secondary N) is 1. The van der Waals surface area contributed by atoms with Crippen molar-refractivity contribution in [2.45, 2.75) is 77.6 Å². The Morgan fingerprint density at radius 2 is 1.24 bits per heavy atom. The number of alkyl halides is 7. The third-order valence-electron chi connectivity index (χ3n) is 7.00. The van der Waals surface area contributed by atoms with Crippen molar-refractivity contribution >= 4 is 27.9 Å². The highest BCUT2D eigenvalue weighted by molar-refractivity contribution is 9.10. The Bertz CT molecular complexity index is 1490. The van der Waals surface area contributed by atoms with Crippen molar-refractivity contribution in [2.24, 2.45) is 11.8 Å². The van der Waals surface area contributed by atoms with Crippen molar-refractivity contribution in [1.29, 1.82) is 0 Å². The second-order valence-electron chi connectivity index (χ2n) is 12.6. The minimum absolute atomic E-state index is 0.0178. The third kappa shape index (κ3) is 17.3. The third-order valence-corrected chi connectivity index (χ3v) is 8.43. The van der Waals surface area contributed by atoms with E-state index in [1.54, 1.807) is 65.7 Å². The zero-order valence-corrected chi connectivity index (χ0v) is 32.4. The zero-order valence-electron chi connectivity index (χ0n) is 30.8. The molecule has 0 fully saturated rings. The van der Waals surface area contributed by atoms with Gasteiger partial charge in [0.25, 0.3) is 5.56 Å². The summed E-state index contributed by atoms with van der Waals surface area (Å²) in [7, 11) is 7.05. The first kappa shape index (κ1) is 47.8. The van der Waals surface area contributed by atoms with E-state index < -0.39 is 46.6 Å². The summed E-state index contributed by atoms with van der Waals surface area (Å²) < 4.78 is 88.4. The van der Waals surface area contributed by atoms with E-state index in [2.05, 4.69) is 20.9 Å². The van der Waals surface area contributed by atoms with E-state index >= 15 is 0 Å². The van der Waals surface area contributed by atoms with Crippen molar-refractivity contribution in [3.8, 4) is 0 Å². The first-order chi connectivity index (χ1) is 23.4. The lowest BCUT2D eigenvalue weighted by Crippen LogP contribution is -2.35. The lowest BCUT2D eigenvalue weighted by atomic mass is 10.0. The first-order valence-corrected chi connectivity index (χ1v) is 17.2. The predicted molar refractivity (Wildman–Crippen MR) is 187 cm³/mol. The molecule has 0 saturated carbocycles. The van der Waals surface area contributed by atoms with Gasteiger partial charge in [-0.2, -0.15) is 26.3 Å². The summed E-state index contributed by atoms with van der Waals surface area (Å²) in [6.45, 7) is 12.3.